The fourth-order valence-corrected chi connectivity index (χ4v) is 6.75. The highest BCUT2D eigenvalue weighted by molar-refractivity contribution is 7.85. The van der Waals surface area contributed by atoms with E-state index in [0.717, 1.165) is 54.4 Å². The van der Waals surface area contributed by atoms with Crippen molar-refractivity contribution in [2.24, 2.45) is 0 Å². The minimum absolute atomic E-state index is 0.0618. The van der Waals surface area contributed by atoms with Gasteiger partial charge in [0.15, 0.2) is 0 Å². The van der Waals surface area contributed by atoms with E-state index in [9.17, 15) is 9.32 Å². The molecule has 2 aromatic heterocycles. The van der Waals surface area contributed by atoms with E-state index in [4.69, 9.17) is 9.97 Å². The minimum Gasteiger partial charge on any atom is -0.394 e. The molecule has 1 fully saturated rings. The van der Waals surface area contributed by atoms with Crippen molar-refractivity contribution in [1.29, 1.82) is 0 Å². The van der Waals surface area contributed by atoms with Crippen molar-refractivity contribution >= 4 is 33.9 Å². The first-order valence-electron chi connectivity index (χ1n) is 11.1. The smallest absolute Gasteiger partial charge is 0.227 e. The molecule has 32 heavy (non-hydrogen) atoms. The number of aliphatic hydroxyl groups excluding tert-OH is 1. The lowest BCUT2D eigenvalue weighted by atomic mass is 9.77. The maximum Gasteiger partial charge on any atom is 0.227 e. The van der Waals surface area contributed by atoms with Crippen molar-refractivity contribution in [3.05, 3.63) is 46.6 Å². The Morgan fingerprint density at radius 3 is 2.88 bits per heavy atom. The number of aliphatic hydroxyl groups is 1. The summed E-state index contributed by atoms with van der Waals surface area (Å²) in [6.07, 6.45) is 6.37. The van der Waals surface area contributed by atoms with Crippen LogP contribution in [0.4, 0.5) is 11.8 Å². The Kier molecular flexibility index (Phi) is 5.00. The summed E-state index contributed by atoms with van der Waals surface area (Å²) in [5, 5.41) is 16.5. The van der Waals surface area contributed by atoms with E-state index in [2.05, 4.69) is 33.4 Å². The highest BCUT2D eigenvalue weighted by Gasteiger charge is 2.39. The van der Waals surface area contributed by atoms with Crippen molar-refractivity contribution in [3.63, 3.8) is 0 Å². The van der Waals surface area contributed by atoms with Crippen molar-refractivity contribution in [1.82, 2.24) is 15.0 Å². The summed E-state index contributed by atoms with van der Waals surface area (Å²) in [7, 11) is -1.08. The SMILES string of the molecule is O=[S@]1CCc2nc(N3CCc4cc(-c5nccs5)ccc4C3)nc(NC3(CO)CCC3)c21. The van der Waals surface area contributed by atoms with Crippen LogP contribution in [0, 0.1) is 0 Å². The summed E-state index contributed by atoms with van der Waals surface area (Å²) in [6, 6.07) is 6.59. The molecule has 1 aliphatic carbocycles. The lowest BCUT2D eigenvalue weighted by Crippen LogP contribution is -2.48. The van der Waals surface area contributed by atoms with Gasteiger partial charge in [0.25, 0.3) is 0 Å². The van der Waals surface area contributed by atoms with E-state index >= 15 is 0 Å². The van der Waals surface area contributed by atoms with Crippen LogP contribution in [0.15, 0.2) is 34.7 Å². The molecule has 2 N–H and O–H groups in total. The molecular weight excluding hydrogens is 442 g/mol. The van der Waals surface area contributed by atoms with Gasteiger partial charge in [-0.05, 0) is 42.9 Å². The van der Waals surface area contributed by atoms with Crippen molar-refractivity contribution in [2.75, 3.05) is 29.1 Å². The zero-order valence-electron chi connectivity index (χ0n) is 17.7. The average Bonchev–Trinajstić information content (AvgIpc) is 3.46. The Morgan fingerprint density at radius 2 is 2.12 bits per heavy atom. The van der Waals surface area contributed by atoms with Crippen molar-refractivity contribution in [2.45, 2.75) is 49.1 Å². The standard InChI is InChI=1S/C23H25N5O2S2/c29-14-23(6-1-7-23)27-20-19-18(5-11-32(19)30)25-22(26-20)28-9-4-15-12-16(2-3-17(15)13-28)21-24-8-10-31-21/h2-3,8,10,12,29H,1,4-7,9,11,13-14H2,(H,25,26,27)/t32-/m0/s1. The quantitative estimate of drug-likeness (QED) is 0.596. The number of hydrogen-bond donors (Lipinski definition) is 2. The average molecular weight is 468 g/mol. The minimum atomic E-state index is -1.08. The third kappa shape index (κ3) is 3.43. The maximum atomic E-state index is 12.7. The zero-order valence-corrected chi connectivity index (χ0v) is 19.3. The first kappa shape index (κ1) is 20.3. The van der Waals surface area contributed by atoms with Crippen LogP contribution in [-0.2, 0) is 30.2 Å². The summed E-state index contributed by atoms with van der Waals surface area (Å²) in [5.74, 6) is 1.93. The monoisotopic (exact) mass is 467 g/mol. The molecule has 0 bridgehead atoms. The molecule has 2 aliphatic heterocycles. The second-order valence-corrected chi connectivity index (χ2v) is 11.3. The van der Waals surface area contributed by atoms with Crippen LogP contribution in [0.2, 0.25) is 0 Å². The van der Waals surface area contributed by atoms with Crippen LogP contribution in [0.1, 0.15) is 36.1 Å². The molecule has 0 amide bonds. The third-order valence-electron chi connectivity index (χ3n) is 6.85. The number of nitrogens with one attached hydrogen (secondary N) is 1. The third-order valence-corrected chi connectivity index (χ3v) is 9.13. The first-order valence-corrected chi connectivity index (χ1v) is 13.3. The molecule has 0 radical (unpaired) electrons. The topological polar surface area (TPSA) is 91.2 Å². The van der Waals surface area contributed by atoms with Gasteiger partial charge in [-0.25, -0.2) is 9.97 Å². The van der Waals surface area contributed by atoms with E-state index in [1.165, 1.54) is 16.7 Å². The Morgan fingerprint density at radius 1 is 1.22 bits per heavy atom. The highest BCUT2D eigenvalue weighted by atomic mass is 32.2. The fraction of sp³-hybridized carbons (Fsp3) is 0.435. The molecule has 7 nitrogen and oxygen atoms in total. The predicted octanol–water partition coefficient (Wildman–Crippen LogP) is 3.15. The molecule has 0 unspecified atom stereocenters. The molecule has 3 aliphatic rings. The molecule has 1 atom stereocenters. The number of rotatable bonds is 5. The number of aromatic nitrogens is 3. The molecule has 3 aromatic rings. The number of benzene rings is 1. The van der Waals surface area contributed by atoms with Gasteiger partial charge in [-0.1, -0.05) is 12.1 Å². The van der Waals surface area contributed by atoms with Gasteiger partial charge in [0.1, 0.15) is 15.7 Å². The first-order chi connectivity index (χ1) is 15.6. The Balaban J connectivity index is 1.31. The molecule has 1 saturated carbocycles. The van der Waals surface area contributed by atoms with Crippen LogP contribution in [0.3, 0.4) is 0 Å². The summed E-state index contributed by atoms with van der Waals surface area (Å²) >= 11 is 1.66. The van der Waals surface area contributed by atoms with Crippen molar-refractivity contribution < 1.29 is 9.32 Å². The van der Waals surface area contributed by atoms with E-state index in [1.54, 1.807) is 11.3 Å². The van der Waals surface area contributed by atoms with Crippen LogP contribution < -0.4 is 10.2 Å². The summed E-state index contributed by atoms with van der Waals surface area (Å²) in [4.78, 5) is 17.1. The molecule has 4 heterocycles. The van der Waals surface area contributed by atoms with E-state index in [1.807, 2.05) is 11.6 Å². The maximum absolute atomic E-state index is 12.7. The normalized spacial score (nSPS) is 21.0. The van der Waals surface area contributed by atoms with Gasteiger partial charge in [0, 0.05) is 42.4 Å². The van der Waals surface area contributed by atoms with Crippen LogP contribution in [0.25, 0.3) is 10.6 Å². The summed E-state index contributed by atoms with van der Waals surface area (Å²) < 4.78 is 12.7. The predicted molar refractivity (Wildman–Crippen MR) is 127 cm³/mol. The van der Waals surface area contributed by atoms with Gasteiger partial charge in [-0.2, -0.15) is 4.98 Å². The zero-order chi connectivity index (χ0) is 21.7. The lowest BCUT2D eigenvalue weighted by molar-refractivity contribution is 0.143. The fourth-order valence-electron chi connectivity index (χ4n) is 4.81. The van der Waals surface area contributed by atoms with Gasteiger partial charge >= 0.3 is 0 Å². The van der Waals surface area contributed by atoms with E-state index < -0.39 is 10.8 Å². The summed E-state index contributed by atoms with van der Waals surface area (Å²) in [6.45, 7) is 1.65. The van der Waals surface area contributed by atoms with Gasteiger partial charge in [0.05, 0.1) is 28.6 Å². The number of thiazole rings is 1. The van der Waals surface area contributed by atoms with Crippen molar-refractivity contribution in [3.8, 4) is 10.6 Å². The molecule has 0 saturated heterocycles. The van der Waals surface area contributed by atoms with Gasteiger partial charge < -0.3 is 15.3 Å². The number of anilines is 2. The van der Waals surface area contributed by atoms with E-state index in [0.29, 0.717) is 23.9 Å². The number of aryl methyl sites for hydroxylation is 1. The largest absolute Gasteiger partial charge is 0.394 e. The Hall–Kier alpha value is -2.36. The molecular formula is C23H25N5O2S2. The second-order valence-electron chi connectivity index (χ2n) is 8.86. The molecule has 0 spiro atoms. The number of hydrogen-bond acceptors (Lipinski definition) is 8. The van der Waals surface area contributed by atoms with Crippen LogP contribution in [0.5, 0.6) is 0 Å². The number of fused-ring (bicyclic) bond motifs is 2. The molecule has 166 valence electrons. The second kappa shape index (κ2) is 7.90. The molecule has 6 rings (SSSR count). The van der Waals surface area contributed by atoms with Gasteiger partial charge in [-0.15, -0.1) is 11.3 Å². The lowest BCUT2D eigenvalue weighted by Gasteiger charge is -2.41. The van der Waals surface area contributed by atoms with Crippen LogP contribution in [-0.4, -0.2) is 48.7 Å². The molecule has 9 heteroatoms. The van der Waals surface area contributed by atoms with E-state index in [-0.39, 0.29) is 12.1 Å². The van der Waals surface area contributed by atoms with Gasteiger partial charge in [-0.3, -0.25) is 4.21 Å². The van der Waals surface area contributed by atoms with Crippen LogP contribution >= 0.6 is 11.3 Å². The highest BCUT2D eigenvalue weighted by Crippen LogP contribution is 2.39. The summed E-state index contributed by atoms with van der Waals surface area (Å²) in [5.41, 5.74) is 4.35. The van der Waals surface area contributed by atoms with Gasteiger partial charge in [0.2, 0.25) is 5.95 Å². The Bertz CT molecular complexity index is 1190. The molecule has 1 aromatic carbocycles. The number of nitrogens with zero attached hydrogens (tertiary/aromatic N) is 4. The Labute approximate surface area is 193 Å².